The number of aromatic nitrogens is 2. The Kier molecular flexibility index (Phi) is 8.20. The third kappa shape index (κ3) is 5.37. The highest BCUT2D eigenvalue weighted by Gasteiger charge is 2.28. The van der Waals surface area contributed by atoms with Crippen molar-refractivity contribution in [3.8, 4) is 50.2 Å². The molecule has 0 fully saturated rings. The van der Waals surface area contributed by atoms with Crippen molar-refractivity contribution >= 4 is 45.7 Å². The Balaban J connectivity index is 1.11. The van der Waals surface area contributed by atoms with Gasteiger partial charge in [0, 0.05) is 45.7 Å². The lowest BCUT2D eigenvalue weighted by molar-refractivity contribution is 0.431. The first-order valence-electron chi connectivity index (χ1n) is 16.3. The number of ether oxygens (including phenoxy) is 1. The minimum absolute atomic E-state index is 0.458. The molecule has 6 aromatic rings. The van der Waals surface area contributed by atoms with Gasteiger partial charge in [-0.1, -0.05) is 79.9 Å². The molecule has 0 atom stereocenters. The molecule has 2 aliphatic rings. The molecule has 5 aromatic carbocycles. The van der Waals surface area contributed by atoms with Crippen LogP contribution in [0.4, 0.5) is 11.4 Å². The first-order valence-corrected chi connectivity index (χ1v) is 17.9. The van der Waals surface area contributed by atoms with E-state index in [1.807, 2.05) is 24.3 Å². The molecule has 51 heavy (non-hydrogen) atoms. The number of nitriles is 2. The zero-order valence-electron chi connectivity index (χ0n) is 27.9. The number of nitrogens with zero attached hydrogens (tertiary/aromatic N) is 5. The van der Waals surface area contributed by atoms with E-state index >= 15 is 0 Å². The Morgan fingerprint density at radius 1 is 0.745 bits per heavy atom. The molecular weight excluding hydrogens is 667 g/mol. The van der Waals surface area contributed by atoms with Gasteiger partial charge >= 0.3 is 0 Å². The van der Waals surface area contributed by atoms with Gasteiger partial charge in [-0.2, -0.15) is 10.5 Å². The number of hydrogen-bond donors (Lipinski definition) is 0. The van der Waals surface area contributed by atoms with Gasteiger partial charge in [0.25, 0.3) is 0 Å². The number of rotatable bonds is 8. The molecule has 0 N–H and O–H groups in total. The van der Waals surface area contributed by atoms with Gasteiger partial charge in [-0.25, -0.2) is 9.97 Å². The van der Waals surface area contributed by atoms with Gasteiger partial charge in [0.15, 0.2) is 11.5 Å². The van der Waals surface area contributed by atoms with E-state index in [4.69, 9.17) is 14.7 Å². The summed E-state index contributed by atoms with van der Waals surface area (Å²) in [6.07, 6.45) is 4.30. The Hall–Kier alpha value is -6.06. The number of hydrogen-bond acceptors (Lipinski definition) is 8. The molecule has 0 amide bonds. The molecule has 2 heterocycles. The predicted molar refractivity (Wildman–Crippen MR) is 208 cm³/mol. The van der Waals surface area contributed by atoms with Crippen molar-refractivity contribution in [2.45, 2.75) is 30.3 Å². The van der Waals surface area contributed by atoms with Crippen molar-refractivity contribution in [3.63, 3.8) is 0 Å². The average Bonchev–Trinajstić information content (AvgIpc) is 3.45. The minimum atomic E-state index is 0.458. The third-order valence-electron chi connectivity index (χ3n) is 9.40. The normalized spacial score (nSPS) is 12.5. The van der Waals surface area contributed by atoms with Crippen LogP contribution in [0.3, 0.4) is 0 Å². The van der Waals surface area contributed by atoms with Gasteiger partial charge in [-0.05, 0) is 95.5 Å². The molecule has 1 aromatic heterocycles. The smallest absolute Gasteiger partial charge is 0.151 e. The van der Waals surface area contributed by atoms with Gasteiger partial charge in [0.05, 0.1) is 22.8 Å². The summed E-state index contributed by atoms with van der Waals surface area (Å²) in [4.78, 5) is 11.8. The van der Waals surface area contributed by atoms with Crippen LogP contribution < -0.4 is 9.64 Å². The van der Waals surface area contributed by atoms with Gasteiger partial charge in [-0.15, -0.1) is 0 Å². The second-order valence-electron chi connectivity index (χ2n) is 12.3. The Morgan fingerprint density at radius 3 is 2.08 bits per heavy atom. The van der Waals surface area contributed by atoms with E-state index < -0.39 is 0 Å². The number of para-hydroxylation sites is 2. The molecular formula is C43H29N5OS2. The van der Waals surface area contributed by atoms with Gasteiger partial charge in [-0.3, -0.25) is 0 Å². The lowest BCUT2D eigenvalue weighted by atomic mass is 9.91. The fourth-order valence-corrected chi connectivity index (χ4v) is 8.18. The lowest BCUT2D eigenvalue weighted by Gasteiger charge is -2.33. The van der Waals surface area contributed by atoms with Crippen LogP contribution in [0.25, 0.3) is 44.4 Å². The van der Waals surface area contributed by atoms with Crippen LogP contribution >= 0.6 is 23.5 Å². The summed E-state index contributed by atoms with van der Waals surface area (Å²) < 4.78 is 6.13. The van der Waals surface area contributed by atoms with Crippen LogP contribution in [0.1, 0.15) is 22.3 Å². The number of aryl methyl sites for hydroxylation is 2. The van der Waals surface area contributed by atoms with Crippen LogP contribution in [-0.2, 0) is 6.42 Å². The summed E-state index contributed by atoms with van der Waals surface area (Å²) in [6.45, 7) is 12.4. The van der Waals surface area contributed by atoms with Gasteiger partial charge in [0.2, 0.25) is 0 Å². The van der Waals surface area contributed by atoms with Gasteiger partial charge in [0.1, 0.15) is 20.9 Å². The van der Waals surface area contributed by atoms with Crippen molar-refractivity contribution < 1.29 is 4.74 Å². The van der Waals surface area contributed by atoms with Gasteiger partial charge < -0.3 is 9.64 Å². The molecule has 0 bridgehead atoms. The maximum absolute atomic E-state index is 9.34. The SMILES string of the molecule is C=CC1=C(C=C)N(c2ccc(-c3ccc(Cc4ccc5c6c(cccc46)-c4nc(SC#N)c(SC#N)nc4-5)cc3C)c(C)c2)c2ccccc2O1. The first-order chi connectivity index (χ1) is 24.9. The fraction of sp³-hybridized carbons (Fsp3) is 0.0698. The molecule has 8 rings (SSSR count). The maximum Gasteiger partial charge on any atom is 0.151 e. The van der Waals surface area contributed by atoms with E-state index in [2.05, 4.69) is 116 Å². The topological polar surface area (TPSA) is 85.8 Å². The molecule has 244 valence electrons. The zero-order chi connectivity index (χ0) is 35.2. The molecule has 0 radical (unpaired) electrons. The molecule has 0 saturated heterocycles. The standard InChI is InChI=1S/C43H29N5OS2/c1-5-35-37(6-2)49-38-13-8-7-12-36(38)48(35)29-16-19-31(26(4)21-29)30-17-14-27(20-25(30)3)22-28-15-18-34-39-32(28)10-9-11-33(39)40-41(34)47-43(51-24-45)42(46-40)50-23-44/h5-21H,1-2,22H2,3-4H3. The van der Waals surface area contributed by atoms with Crippen LogP contribution in [0, 0.1) is 35.2 Å². The maximum atomic E-state index is 9.34. The number of thioether (sulfide) groups is 2. The molecule has 1 aliphatic carbocycles. The van der Waals surface area contributed by atoms with Crippen LogP contribution in [0.5, 0.6) is 5.75 Å². The molecule has 0 saturated carbocycles. The van der Waals surface area contributed by atoms with Crippen molar-refractivity contribution in [1.82, 2.24) is 9.97 Å². The van der Waals surface area contributed by atoms with E-state index in [1.54, 1.807) is 6.08 Å². The highest BCUT2D eigenvalue weighted by atomic mass is 32.2. The molecule has 8 heteroatoms. The van der Waals surface area contributed by atoms with Crippen molar-refractivity contribution in [2.75, 3.05) is 4.90 Å². The summed E-state index contributed by atoms with van der Waals surface area (Å²) in [5, 5.41) is 26.0. The highest BCUT2D eigenvalue weighted by Crippen LogP contribution is 2.48. The van der Waals surface area contributed by atoms with Crippen LogP contribution in [-0.4, -0.2) is 9.97 Å². The Labute approximate surface area is 305 Å². The largest absolute Gasteiger partial charge is 0.453 e. The van der Waals surface area contributed by atoms with Crippen LogP contribution in [0.2, 0.25) is 0 Å². The predicted octanol–water partition coefficient (Wildman–Crippen LogP) is 11.4. The zero-order valence-corrected chi connectivity index (χ0v) is 29.5. The molecule has 6 nitrogen and oxygen atoms in total. The monoisotopic (exact) mass is 695 g/mol. The van der Waals surface area contributed by atoms with E-state index in [9.17, 15) is 10.5 Å². The number of fused-ring (bicyclic) bond motifs is 4. The molecule has 0 spiro atoms. The summed E-state index contributed by atoms with van der Waals surface area (Å²) in [6, 6.07) is 31.9. The third-order valence-corrected chi connectivity index (χ3v) is 10.7. The highest BCUT2D eigenvalue weighted by molar-refractivity contribution is 8.06. The van der Waals surface area contributed by atoms with E-state index in [1.165, 1.54) is 27.8 Å². The Bertz CT molecular complexity index is 2540. The first kappa shape index (κ1) is 32.2. The lowest BCUT2D eigenvalue weighted by Crippen LogP contribution is -2.23. The summed E-state index contributed by atoms with van der Waals surface area (Å²) >= 11 is 1.87. The van der Waals surface area contributed by atoms with E-state index in [0.717, 1.165) is 91.6 Å². The van der Waals surface area contributed by atoms with E-state index in [-0.39, 0.29) is 0 Å². The minimum Gasteiger partial charge on any atom is -0.453 e. The molecule has 1 aliphatic heterocycles. The average molecular weight is 696 g/mol. The number of thiocyanates is 2. The van der Waals surface area contributed by atoms with E-state index in [0.29, 0.717) is 15.8 Å². The fourth-order valence-electron chi connectivity index (χ4n) is 7.22. The molecule has 0 unspecified atom stereocenters. The second kappa shape index (κ2) is 13.0. The van der Waals surface area contributed by atoms with Crippen LogP contribution in [0.15, 0.2) is 138 Å². The summed E-state index contributed by atoms with van der Waals surface area (Å²) in [5.41, 5.74) is 13.5. The quantitative estimate of drug-likeness (QED) is 0.115. The number of benzene rings is 5. The number of anilines is 2. The summed E-state index contributed by atoms with van der Waals surface area (Å²) in [7, 11) is 0. The Morgan fingerprint density at radius 2 is 1.41 bits per heavy atom. The summed E-state index contributed by atoms with van der Waals surface area (Å²) in [5.74, 6) is 1.44. The number of allylic oxidation sites excluding steroid dienone is 2. The van der Waals surface area contributed by atoms with Crippen molar-refractivity contribution in [2.24, 2.45) is 0 Å². The van der Waals surface area contributed by atoms with Crippen molar-refractivity contribution in [3.05, 3.63) is 150 Å². The van der Waals surface area contributed by atoms with Crippen molar-refractivity contribution in [1.29, 1.82) is 10.5 Å². The second-order valence-corrected chi connectivity index (χ2v) is 13.9.